The lowest BCUT2D eigenvalue weighted by molar-refractivity contribution is 0.355. The minimum absolute atomic E-state index is 0.551. The van der Waals surface area contributed by atoms with Crippen LogP contribution in [-0.4, -0.2) is 41.3 Å². The van der Waals surface area contributed by atoms with Crippen LogP contribution < -0.4 is 20.4 Å². The quantitative estimate of drug-likeness (QED) is 0.592. The number of benzene rings is 1. The Labute approximate surface area is 204 Å². The van der Waals surface area contributed by atoms with Gasteiger partial charge in [-0.2, -0.15) is 9.97 Å². The molecule has 0 radical (unpaired) electrons. The van der Waals surface area contributed by atoms with Crippen molar-refractivity contribution in [3.05, 3.63) is 41.5 Å². The Balaban J connectivity index is 1.51. The molecule has 7 heteroatoms. The SMILES string of the molecule is Cc1ccc(CNC(=S)Nc2nc(N3CCCCCC3)cc(N3CC(C)CC(C)C3)n2)cc1. The number of aromatic nitrogens is 2. The molecule has 33 heavy (non-hydrogen) atoms. The van der Waals surface area contributed by atoms with Crippen molar-refractivity contribution in [1.29, 1.82) is 0 Å². The molecule has 2 atom stereocenters. The fourth-order valence-electron chi connectivity index (χ4n) is 4.99. The first-order chi connectivity index (χ1) is 16.0. The summed E-state index contributed by atoms with van der Waals surface area (Å²) in [6.07, 6.45) is 6.31. The number of nitrogens with zero attached hydrogens (tertiary/aromatic N) is 4. The lowest BCUT2D eigenvalue weighted by Gasteiger charge is -2.36. The van der Waals surface area contributed by atoms with Gasteiger partial charge in [-0.1, -0.05) is 56.5 Å². The molecule has 1 aromatic carbocycles. The number of nitrogens with one attached hydrogen (secondary N) is 2. The number of hydrogen-bond acceptors (Lipinski definition) is 5. The van der Waals surface area contributed by atoms with Gasteiger partial charge in [-0.25, -0.2) is 0 Å². The average molecular weight is 467 g/mol. The van der Waals surface area contributed by atoms with Gasteiger partial charge in [-0.05, 0) is 55.8 Å². The molecule has 0 amide bonds. The molecule has 2 saturated heterocycles. The van der Waals surface area contributed by atoms with Gasteiger partial charge in [0.05, 0.1) is 0 Å². The van der Waals surface area contributed by atoms with Crippen LogP contribution in [0.25, 0.3) is 0 Å². The van der Waals surface area contributed by atoms with Crippen molar-refractivity contribution in [2.45, 2.75) is 59.4 Å². The fraction of sp³-hybridized carbons (Fsp3) is 0.577. The Bertz CT molecular complexity index is 913. The van der Waals surface area contributed by atoms with Crippen molar-refractivity contribution in [2.75, 3.05) is 41.3 Å². The van der Waals surface area contributed by atoms with E-state index in [9.17, 15) is 0 Å². The van der Waals surface area contributed by atoms with Gasteiger partial charge in [0, 0.05) is 38.8 Å². The topological polar surface area (TPSA) is 56.3 Å². The van der Waals surface area contributed by atoms with Gasteiger partial charge in [-0.3, -0.25) is 0 Å². The molecule has 2 unspecified atom stereocenters. The van der Waals surface area contributed by atoms with Crippen LogP contribution in [-0.2, 0) is 6.54 Å². The predicted molar refractivity (Wildman–Crippen MR) is 142 cm³/mol. The van der Waals surface area contributed by atoms with Gasteiger partial charge in [0.1, 0.15) is 11.6 Å². The fourth-order valence-corrected chi connectivity index (χ4v) is 5.15. The van der Waals surface area contributed by atoms with Gasteiger partial charge in [0.25, 0.3) is 0 Å². The molecule has 2 N–H and O–H groups in total. The molecular weight excluding hydrogens is 428 g/mol. The van der Waals surface area contributed by atoms with E-state index < -0.39 is 0 Å². The summed E-state index contributed by atoms with van der Waals surface area (Å²) in [6.45, 7) is 11.6. The average Bonchev–Trinajstić information content (AvgIpc) is 3.08. The van der Waals surface area contributed by atoms with E-state index in [1.807, 2.05) is 0 Å². The van der Waals surface area contributed by atoms with E-state index in [4.69, 9.17) is 22.2 Å². The molecule has 0 aliphatic carbocycles. The third-order valence-electron chi connectivity index (χ3n) is 6.62. The highest BCUT2D eigenvalue weighted by Gasteiger charge is 2.24. The summed E-state index contributed by atoms with van der Waals surface area (Å²) in [5, 5.41) is 7.12. The second-order valence-electron chi connectivity index (χ2n) is 9.95. The summed E-state index contributed by atoms with van der Waals surface area (Å²) >= 11 is 5.59. The van der Waals surface area contributed by atoms with Crippen LogP contribution in [0.1, 0.15) is 57.1 Å². The summed E-state index contributed by atoms with van der Waals surface area (Å²) < 4.78 is 0. The van der Waals surface area contributed by atoms with Crippen molar-refractivity contribution < 1.29 is 0 Å². The molecule has 0 bridgehead atoms. The summed E-state index contributed by atoms with van der Waals surface area (Å²) in [7, 11) is 0. The largest absolute Gasteiger partial charge is 0.358 e. The summed E-state index contributed by atoms with van der Waals surface area (Å²) in [5.41, 5.74) is 2.45. The van der Waals surface area contributed by atoms with Crippen molar-refractivity contribution >= 4 is 34.9 Å². The molecule has 6 nitrogen and oxygen atoms in total. The Kier molecular flexibility index (Phi) is 8.02. The summed E-state index contributed by atoms with van der Waals surface area (Å²) in [6, 6.07) is 10.7. The number of anilines is 3. The molecule has 2 fully saturated rings. The number of rotatable bonds is 5. The molecule has 3 heterocycles. The van der Waals surface area contributed by atoms with Crippen LogP contribution in [0.15, 0.2) is 30.3 Å². The normalized spacial score (nSPS) is 21.4. The molecule has 0 saturated carbocycles. The zero-order valence-corrected chi connectivity index (χ0v) is 21.1. The molecule has 1 aromatic heterocycles. The third-order valence-corrected chi connectivity index (χ3v) is 6.87. The maximum atomic E-state index is 5.59. The second-order valence-corrected chi connectivity index (χ2v) is 10.4. The van der Waals surface area contributed by atoms with Gasteiger partial charge < -0.3 is 20.4 Å². The first-order valence-corrected chi connectivity index (χ1v) is 12.9. The lowest BCUT2D eigenvalue weighted by Crippen LogP contribution is -2.39. The van der Waals surface area contributed by atoms with E-state index in [1.165, 1.54) is 43.2 Å². The zero-order chi connectivity index (χ0) is 23.2. The molecule has 2 aliphatic rings. The molecule has 2 aromatic rings. The minimum atomic E-state index is 0.551. The first kappa shape index (κ1) is 23.7. The Hall–Kier alpha value is -2.41. The Morgan fingerprint density at radius 3 is 2.18 bits per heavy atom. The highest BCUT2D eigenvalue weighted by atomic mass is 32.1. The Morgan fingerprint density at radius 2 is 1.55 bits per heavy atom. The Morgan fingerprint density at radius 1 is 0.939 bits per heavy atom. The number of piperidine rings is 1. The predicted octanol–water partition coefficient (Wildman–Crippen LogP) is 5.13. The maximum absolute atomic E-state index is 5.59. The summed E-state index contributed by atoms with van der Waals surface area (Å²) in [5.74, 6) is 3.93. The van der Waals surface area contributed by atoms with Gasteiger partial charge in [0.15, 0.2) is 5.11 Å². The van der Waals surface area contributed by atoms with Crippen molar-refractivity contribution in [2.24, 2.45) is 11.8 Å². The maximum Gasteiger partial charge on any atom is 0.232 e. The van der Waals surface area contributed by atoms with Crippen LogP contribution in [0.2, 0.25) is 0 Å². The molecule has 178 valence electrons. The summed E-state index contributed by atoms with van der Waals surface area (Å²) in [4.78, 5) is 14.6. The second kappa shape index (κ2) is 11.1. The lowest BCUT2D eigenvalue weighted by atomic mass is 9.92. The molecule has 4 rings (SSSR count). The standard InChI is InChI=1S/C26H38N6S/c1-19-8-10-22(11-9-19)16-27-26(33)30-25-28-23(31-12-6-4-5-7-13-31)15-24(29-25)32-17-20(2)14-21(3)18-32/h8-11,15,20-21H,4-7,12-14,16-18H2,1-3H3,(H2,27,28,29,30,33). The van der Waals surface area contributed by atoms with Crippen molar-refractivity contribution in [3.8, 4) is 0 Å². The van der Waals surface area contributed by atoms with E-state index in [-0.39, 0.29) is 0 Å². The van der Waals surface area contributed by atoms with Crippen LogP contribution >= 0.6 is 12.2 Å². The van der Waals surface area contributed by atoms with Crippen molar-refractivity contribution in [3.63, 3.8) is 0 Å². The minimum Gasteiger partial charge on any atom is -0.358 e. The van der Waals surface area contributed by atoms with Crippen LogP contribution in [0.5, 0.6) is 0 Å². The van der Waals surface area contributed by atoms with E-state index in [2.05, 4.69) is 71.5 Å². The number of aryl methyl sites for hydroxylation is 1. The highest BCUT2D eigenvalue weighted by Crippen LogP contribution is 2.29. The zero-order valence-electron chi connectivity index (χ0n) is 20.3. The van der Waals surface area contributed by atoms with Crippen LogP contribution in [0, 0.1) is 18.8 Å². The highest BCUT2D eigenvalue weighted by molar-refractivity contribution is 7.80. The van der Waals surface area contributed by atoms with Crippen LogP contribution in [0.4, 0.5) is 17.6 Å². The van der Waals surface area contributed by atoms with E-state index in [0.29, 0.717) is 29.4 Å². The van der Waals surface area contributed by atoms with Crippen LogP contribution in [0.3, 0.4) is 0 Å². The van der Waals surface area contributed by atoms with E-state index in [1.54, 1.807) is 0 Å². The molecular formula is C26H38N6S. The smallest absolute Gasteiger partial charge is 0.232 e. The molecule has 2 aliphatic heterocycles. The van der Waals surface area contributed by atoms with Gasteiger partial charge in [-0.15, -0.1) is 0 Å². The third kappa shape index (κ3) is 6.79. The number of hydrogen-bond donors (Lipinski definition) is 2. The van der Waals surface area contributed by atoms with Crippen molar-refractivity contribution in [1.82, 2.24) is 15.3 Å². The molecule has 0 spiro atoms. The van der Waals surface area contributed by atoms with E-state index in [0.717, 1.165) is 37.8 Å². The number of thiocarbonyl (C=S) groups is 1. The van der Waals surface area contributed by atoms with Gasteiger partial charge in [0.2, 0.25) is 5.95 Å². The van der Waals surface area contributed by atoms with Gasteiger partial charge >= 0.3 is 0 Å². The monoisotopic (exact) mass is 466 g/mol. The van der Waals surface area contributed by atoms with E-state index >= 15 is 0 Å². The first-order valence-electron chi connectivity index (χ1n) is 12.5.